The van der Waals surface area contributed by atoms with Crippen molar-refractivity contribution < 1.29 is 9.84 Å². The number of hydrogen-bond acceptors (Lipinski definition) is 4. The minimum Gasteiger partial charge on any atom is -0.492 e. The predicted octanol–water partition coefficient (Wildman–Crippen LogP) is 4.55. The van der Waals surface area contributed by atoms with Crippen molar-refractivity contribution >= 4 is 0 Å². The van der Waals surface area contributed by atoms with Gasteiger partial charge in [-0.2, -0.15) is 0 Å². The van der Waals surface area contributed by atoms with Crippen LogP contribution in [0.4, 0.5) is 0 Å². The van der Waals surface area contributed by atoms with Crippen molar-refractivity contribution in [1.29, 1.82) is 0 Å². The Morgan fingerprint density at radius 1 is 1.03 bits per heavy atom. The largest absolute Gasteiger partial charge is 0.492 e. The number of aromatic nitrogens is 1. The van der Waals surface area contributed by atoms with Gasteiger partial charge in [-0.3, -0.25) is 9.88 Å². The van der Waals surface area contributed by atoms with E-state index in [2.05, 4.69) is 53.2 Å². The van der Waals surface area contributed by atoms with Crippen molar-refractivity contribution in [2.24, 2.45) is 0 Å². The molecule has 2 atom stereocenters. The molecule has 150 valence electrons. The maximum Gasteiger partial charge on any atom is 0.123 e. The number of ether oxygens (including phenoxy) is 1. The lowest BCUT2D eigenvalue weighted by molar-refractivity contribution is 0.219. The molecule has 0 spiro atoms. The van der Waals surface area contributed by atoms with Crippen LogP contribution in [0.5, 0.6) is 5.75 Å². The second kappa shape index (κ2) is 9.21. The molecule has 2 heterocycles. The third-order valence-corrected chi connectivity index (χ3v) is 5.71. The Kier molecular flexibility index (Phi) is 6.23. The fourth-order valence-electron chi connectivity index (χ4n) is 3.88. The average molecular weight is 389 g/mol. The van der Waals surface area contributed by atoms with Crippen LogP contribution < -0.4 is 4.74 Å². The normalized spacial score (nSPS) is 16.3. The van der Waals surface area contributed by atoms with Crippen LogP contribution in [0.25, 0.3) is 0 Å². The molecule has 0 aliphatic carbocycles. The number of rotatable bonds is 6. The first-order valence-electron chi connectivity index (χ1n) is 10.3. The third kappa shape index (κ3) is 4.84. The van der Waals surface area contributed by atoms with Crippen LogP contribution in [0, 0.1) is 0 Å². The first kappa shape index (κ1) is 19.6. The molecule has 0 bridgehead atoms. The van der Waals surface area contributed by atoms with Crippen LogP contribution in [0.1, 0.15) is 47.6 Å². The zero-order valence-electron chi connectivity index (χ0n) is 16.9. The molecule has 4 heteroatoms. The van der Waals surface area contributed by atoms with E-state index in [4.69, 9.17) is 4.74 Å². The van der Waals surface area contributed by atoms with Gasteiger partial charge >= 0.3 is 0 Å². The average Bonchev–Trinajstić information content (AvgIpc) is 2.99. The summed E-state index contributed by atoms with van der Waals surface area (Å²) >= 11 is 0. The van der Waals surface area contributed by atoms with E-state index >= 15 is 0 Å². The lowest BCUT2D eigenvalue weighted by Crippen LogP contribution is -2.27. The van der Waals surface area contributed by atoms with Crippen LogP contribution in [0.15, 0.2) is 73.1 Å². The topological polar surface area (TPSA) is 45.6 Å². The highest BCUT2D eigenvalue weighted by Crippen LogP contribution is 2.30. The van der Waals surface area contributed by atoms with E-state index in [1.165, 1.54) is 5.56 Å². The molecule has 0 fully saturated rings. The predicted molar refractivity (Wildman–Crippen MR) is 115 cm³/mol. The van der Waals surface area contributed by atoms with Crippen molar-refractivity contribution in [2.45, 2.75) is 31.9 Å². The summed E-state index contributed by atoms with van der Waals surface area (Å²) in [5.74, 6) is 1.45. The number of aliphatic hydroxyl groups is 1. The first-order valence-corrected chi connectivity index (χ1v) is 10.3. The monoisotopic (exact) mass is 388 g/mol. The van der Waals surface area contributed by atoms with Gasteiger partial charge in [0.05, 0.1) is 0 Å². The van der Waals surface area contributed by atoms with E-state index in [0.29, 0.717) is 12.5 Å². The first-order chi connectivity index (χ1) is 14.2. The summed E-state index contributed by atoms with van der Waals surface area (Å²) in [4.78, 5) is 6.57. The highest BCUT2D eigenvalue weighted by molar-refractivity contribution is 5.40. The van der Waals surface area contributed by atoms with Crippen molar-refractivity contribution in [2.75, 3.05) is 19.7 Å². The lowest BCUT2D eigenvalue weighted by Gasteiger charge is -2.22. The van der Waals surface area contributed by atoms with Gasteiger partial charge in [0.2, 0.25) is 0 Å². The van der Waals surface area contributed by atoms with Gasteiger partial charge in [0.1, 0.15) is 18.5 Å². The maximum atomic E-state index is 10.7. The second-order valence-electron chi connectivity index (χ2n) is 7.78. The molecule has 0 unspecified atom stereocenters. The molecule has 4 nitrogen and oxygen atoms in total. The van der Waals surface area contributed by atoms with Crippen LogP contribution in [-0.2, 0) is 6.54 Å². The Morgan fingerprint density at radius 3 is 2.66 bits per heavy atom. The standard InChI is InChI=1S/C25H28N2O2/c1-19(20-6-3-2-4-7-20)11-13-27-14-15-29-24-10-9-21(16-23(24)18-27)25(28)22-8-5-12-26-17-22/h2-10,12,16-17,19,25,28H,11,13-15,18H2,1H3/t19-,25-/m0/s1. The summed E-state index contributed by atoms with van der Waals surface area (Å²) in [7, 11) is 0. The molecule has 0 radical (unpaired) electrons. The van der Waals surface area contributed by atoms with Gasteiger partial charge in [-0.1, -0.05) is 49.4 Å². The van der Waals surface area contributed by atoms with E-state index in [1.807, 2.05) is 24.3 Å². The quantitative estimate of drug-likeness (QED) is 0.673. The third-order valence-electron chi connectivity index (χ3n) is 5.71. The highest BCUT2D eigenvalue weighted by atomic mass is 16.5. The molecule has 2 aromatic carbocycles. The molecule has 1 aliphatic heterocycles. The van der Waals surface area contributed by atoms with Crippen LogP contribution in [0.3, 0.4) is 0 Å². The van der Waals surface area contributed by atoms with E-state index in [-0.39, 0.29) is 0 Å². The van der Waals surface area contributed by atoms with E-state index in [1.54, 1.807) is 12.4 Å². The molecular weight excluding hydrogens is 360 g/mol. The summed E-state index contributed by atoms with van der Waals surface area (Å²) in [6.45, 7) is 5.76. The van der Waals surface area contributed by atoms with Crippen molar-refractivity contribution in [3.63, 3.8) is 0 Å². The van der Waals surface area contributed by atoms with Gasteiger partial charge in [-0.05, 0) is 48.2 Å². The molecule has 1 aromatic heterocycles. The summed E-state index contributed by atoms with van der Waals surface area (Å²) in [6.07, 6.45) is 3.86. The SMILES string of the molecule is C[C@@H](CCN1CCOc2ccc([C@H](O)c3cccnc3)cc2C1)c1ccccc1. The molecule has 0 saturated carbocycles. The molecule has 1 aliphatic rings. The molecule has 4 rings (SSSR count). The summed E-state index contributed by atoms with van der Waals surface area (Å²) in [6, 6.07) is 20.5. The van der Waals surface area contributed by atoms with E-state index in [0.717, 1.165) is 48.5 Å². The highest BCUT2D eigenvalue weighted by Gasteiger charge is 2.19. The van der Waals surface area contributed by atoms with Crippen LogP contribution in [-0.4, -0.2) is 34.7 Å². The Balaban J connectivity index is 1.45. The van der Waals surface area contributed by atoms with Crippen molar-refractivity contribution in [1.82, 2.24) is 9.88 Å². The van der Waals surface area contributed by atoms with E-state index < -0.39 is 6.10 Å². The molecule has 0 amide bonds. The smallest absolute Gasteiger partial charge is 0.123 e. The van der Waals surface area contributed by atoms with Gasteiger partial charge < -0.3 is 9.84 Å². The zero-order valence-corrected chi connectivity index (χ0v) is 16.9. The second-order valence-corrected chi connectivity index (χ2v) is 7.78. The number of hydrogen-bond donors (Lipinski definition) is 1. The van der Waals surface area contributed by atoms with Gasteiger partial charge in [0.15, 0.2) is 0 Å². The van der Waals surface area contributed by atoms with Crippen LogP contribution in [0.2, 0.25) is 0 Å². The minimum absolute atomic E-state index is 0.526. The van der Waals surface area contributed by atoms with Crippen LogP contribution >= 0.6 is 0 Å². The van der Waals surface area contributed by atoms with Gasteiger partial charge in [-0.25, -0.2) is 0 Å². The number of aliphatic hydroxyl groups excluding tert-OH is 1. The summed E-state index contributed by atoms with van der Waals surface area (Å²) in [5.41, 5.74) is 4.20. The zero-order chi connectivity index (χ0) is 20.1. The fourth-order valence-corrected chi connectivity index (χ4v) is 3.88. The fraction of sp³-hybridized carbons (Fsp3) is 0.320. The Labute approximate surface area is 172 Å². The number of nitrogens with zero attached hydrogens (tertiary/aromatic N) is 2. The Bertz CT molecular complexity index is 915. The maximum absolute atomic E-state index is 10.7. The van der Waals surface area contributed by atoms with Gasteiger partial charge in [0, 0.05) is 36.6 Å². The molecular formula is C25H28N2O2. The van der Waals surface area contributed by atoms with Crippen molar-refractivity contribution in [3.05, 3.63) is 95.3 Å². The van der Waals surface area contributed by atoms with Gasteiger partial charge in [-0.15, -0.1) is 0 Å². The lowest BCUT2D eigenvalue weighted by atomic mass is 9.97. The van der Waals surface area contributed by atoms with Crippen molar-refractivity contribution in [3.8, 4) is 5.75 Å². The Hall–Kier alpha value is -2.69. The van der Waals surface area contributed by atoms with Gasteiger partial charge in [0.25, 0.3) is 0 Å². The number of pyridine rings is 1. The molecule has 3 aromatic rings. The minimum atomic E-state index is -0.677. The Morgan fingerprint density at radius 2 is 1.86 bits per heavy atom. The molecule has 0 saturated heterocycles. The summed E-state index contributed by atoms with van der Waals surface area (Å²) in [5, 5.41) is 10.7. The number of fused-ring (bicyclic) bond motifs is 1. The molecule has 29 heavy (non-hydrogen) atoms. The summed E-state index contributed by atoms with van der Waals surface area (Å²) < 4.78 is 5.97. The molecule has 1 N–H and O–H groups in total. The van der Waals surface area contributed by atoms with E-state index in [9.17, 15) is 5.11 Å². The number of benzene rings is 2.